The molecule has 0 aliphatic carbocycles. The van der Waals surface area contributed by atoms with Gasteiger partial charge < -0.3 is 15.4 Å². The first-order valence-corrected chi connectivity index (χ1v) is 6.16. The molecule has 102 valence electrons. The maximum atomic E-state index is 12.2. The van der Waals surface area contributed by atoms with E-state index in [2.05, 4.69) is 6.07 Å². The van der Waals surface area contributed by atoms with Gasteiger partial charge in [0.1, 0.15) is 5.75 Å². The average Bonchev–Trinajstić information content (AvgIpc) is 2.37. The Morgan fingerprint density at radius 1 is 1.53 bits per heavy atom. The number of nitrogen functional groups attached to an aromatic ring is 1. The van der Waals surface area contributed by atoms with Gasteiger partial charge in [0.25, 0.3) is 5.91 Å². The zero-order valence-corrected chi connectivity index (χ0v) is 11.5. The number of nitriles is 1. The number of hydrogen-bond acceptors (Lipinski definition) is 4. The van der Waals surface area contributed by atoms with Crippen molar-refractivity contribution >= 4 is 11.6 Å². The summed E-state index contributed by atoms with van der Waals surface area (Å²) in [6.45, 7) is 4.53. The summed E-state index contributed by atoms with van der Waals surface area (Å²) in [7, 11) is 1.67. The summed E-state index contributed by atoms with van der Waals surface area (Å²) >= 11 is 0. The molecule has 1 aromatic carbocycles. The molecular weight excluding hydrogens is 242 g/mol. The molecule has 0 heterocycles. The van der Waals surface area contributed by atoms with E-state index in [0.29, 0.717) is 30.2 Å². The summed E-state index contributed by atoms with van der Waals surface area (Å²) in [5.74, 6) is 0.198. The van der Waals surface area contributed by atoms with Gasteiger partial charge in [0.2, 0.25) is 0 Å². The molecule has 1 amide bonds. The zero-order chi connectivity index (χ0) is 14.4. The van der Waals surface area contributed by atoms with Crippen LogP contribution in [0.5, 0.6) is 5.75 Å². The fourth-order valence-electron chi connectivity index (χ4n) is 1.75. The summed E-state index contributed by atoms with van der Waals surface area (Å²) in [4.78, 5) is 13.7. The minimum absolute atomic E-state index is 0.171. The molecule has 1 rings (SSSR count). The van der Waals surface area contributed by atoms with Crippen LogP contribution in [0.2, 0.25) is 0 Å². The average molecular weight is 261 g/mol. The van der Waals surface area contributed by atoms with Crippen molar-refractivity contribution in [3.63, 3.8) is 0 Å². The van der Waals surface area contributed by atoms with Crippen LogP contribution in [-0.2, 0) is 0 Å². The molecule has 0 aliphatic heterocycles. The van der Waals surface area contributed by atoms with Gasteiger partial charge >= 0.3 is 0 Å². The lowest BCUT2D eigenvalue weighted by atomic mass is 10.1. The van der Waals surface area contributed by atoms with Crippen molar-refractivity contribution in [2.75, 3.05) is 25.9 Å². The highest BCUT2D eigenvalue weighted by molar-refractivity contribution is 5.95. The first kappa shape index (κ1) is 14.8. The molecule has 2 N–H and O–H groups in total. The smallest absolute Gasteiger partial charge is 0.253 e. The van der Waals surface area contributed by atoms with Crippen molar-refractivity contribution in [2.24, 2.45) is 5.92 Å². The number of rotatable bonds is 5. The lowest BCUT2D eigenvalue weighted by Gasteiger charge is -2.19. The van der Waals surface area contributed by atoms with Gasteiger partial charge in [-0.25, -0.2) is 0 Å². The van der Waals surface area contributed by atoms with E-state index in [1.807, 2.05) is 6.92 Å². The lowest BCUT2D eigenvalue weighted by Crippen LogP contribution is -2.30. The van der Waals surface area contributed by atoms with Crippen molar-refractivity contribution in [1.29, 1.82) is 5.26 Å². The molecule has 0 spiro atoms. The van der Waals surface area contributed by atoms with Gasteiger partial charge in [-0.05, 0) is 26.0 Å². The predicted octanol–water partition coefficient (Wildman–Crippen LogP) is 1.90. The van der Waals surface area contributed by atoms with Gasteiger partial charge in [0.05, 0.1) is 18.6 Å². The third-order valence-corrected chi connectivity index (χ3v) is 2.60. The Morgan fingerprint density at radius 3 is 2.79 bits per heavy atom. The number of hydrogen-bond donors (Lipinski definition) is 1. The van der Waals surface area contributed by atoms with Gasteiger partial charge in [-0.1, -0.05) is 0 Å². The standard InChI is InChI=1S/C14H19N3O2/c1-4-19-13-6-11(5-12(16)7-13)14(18)17(3)9-10(2)8-15/h5-7,10H,4,9,16H2,1-3H3. The molecule has 0 bridgehead atoms. The fraction of sp³-hybridized carbons (Fsp3) is 0.429. The van der Waals surface area contributed by atoms with Crippen LogP contribution in [0.25, 0.3) is 0 Å². The second-order valence-corrected chi connectivity index (χ2v) is 4.44. The summed E-state index contributed by atoms with van der Waals surface area (Å²) < 4.78 is 5.36. The van der Waals surface area contributed by atoms with Gasteiger partial charge in [-0.2, -0.15) is 5.26 Å². The Hall–Kier alpha value is -2.22. The molecule has 0 radical (unpaired) electrons. The van der Waals surface area contributed by atoms with Crippen molar-refractivity contribution in [1.82, 2.24) is 4.90 Å². The van der Waals surface area contributed by atoms with E-state index in [-0.39, 0.29) is 11.8 Å². The normalized spacial score (nSPS) is 11.5. The number of carbonyl (C=O) groups excluding carboxylic acids is 1. The second kappa shape index (κ2) is 6.64. The summed E-state index contributed by atoms with van der Waals surface area (Å²) in [5, 5.41) is 8.77. The molecule has 1 atom stereocenters. The van der Waals surface area contributed by atoms with Crippen LogP contribution in [0.4, 0.5) is 5.69 Å². The number of nitrogens with zero attached hydrogens (tertiary/aromatic N) is 2. The molecule has 5 heteroatoms. The van der Waals surface area contributed by atoms with Gasteiger partial charge in [-0.15, -0.1) is 0 Å². The number of anilines is 1. The van der Waals surface area contributed by atoms with E-state index in [9.17, 15) is 4.79 Å². The van der Waals surface area contributed by atoms with Crippen molar-refractivity contribution in [3.05, 3.63) is 23.8 Å². The molecule has 0 saturated carbocycles. The molecule has 0 aliphatic rings. The number of nitrogens with two attached hydrogens (primary N) is 1. The van der Waals surface area contributed by atoms with Crippen LogP contribution in [0.15, 0.2) is 18.2 Å². The van der Waals surface area contributed by atoms with E-state index >= 15 is 0 Å². The Kier molecular flexibility index (Phi) is 5.19. The van der Waals surface area contributed by atoms with Gasteiger partial charge in [-0.3, -0.25) is 4.79 Å². The van der Waals surface area contributed by atoms with E-state index < -0.39 is 0 Å². The first-order valence-electron chi connectivity index (χ1n) is 6.16. The number of ether oxygens (including phenoxy) is 1. The minimum Gasteiger partial charge on any atom is -0.494 e. The van der Waals surface area contributed by atoms with Gasteiger partial charge in [0, 0.05) is 30.9 Å². The van der Waals surface area contributed by atoms with Gasteiger partial charge in [0.15, 0.2) is 0 Å². The third-order valence-electron chi connectivity index (χ3n) is 2.60. The Labute approximate surface area is 113 Å². The van der Waals surface area contributed by atoms with E-state index in [1.165, 1.54) is 4.90 Å². The molecule has 0 fully saturated rings. The maximum Gasteiger partial charge on any atom is 0.253 e. The summed E-state index contributed by atoms with van der Waals surface area (Å²) in [6.07, 6.45) is 0. The third kappa shape index (κ3) is 4.18. The van der Waals surface area contributed by atoms with Crippen LogP contribution in [0, 0.1) is 17.2 Å². The minimum atomic E-state index is -0.207. The number of amides is 1. The van der Waals surface area contributed by atoms with E-state index in [1.54, 1.807) is 32.2 Å². The number of carbonyl (C=O) groups is 1. The predicted molar refractivity (Wildman–Crippen MR) is 73.8 cm³/mol. The molecule has 1 aromatic rings. The first-order chi connectivity index (χ1) is 8.97. The van der Waals surface area contributed by atoms with E-state index in [0.717, 1.165) is 0 Å². The second-order valence-electron chi connectivity index (χ2n) is 4.44. The van der Waals surface area contributed by atoms with Crippen LogP contribution < -0.4 is 10.5 Å². The number of benzene rings is 1. The largest absolute Gasteiger partial charge is 0.494 e. The highest BCUT2D eigenvalue weighted by Gasteiger charge is 2.15. The fourth-order valence-corrected chi connectivity index (χ4v) is 1.75. The quantitative estimate of drug-likeness (QED) is 0.821. The molecule has 5 nitrogen and oxygen atoms in total. The van der Waals surface area contributed by atoms with Crippen molar-refractivity contribution in [2.45, 2.75) is 13.8 Å². The highest BCUT2D eigenvalue weighted by atomic mass is 16.5. The molecular formula is C14H19N3O2. The van der Waals surface area contributed by atoms with Crippen LogP contribution in [-0.4, -0.2) is 31.0 Å². The summed E-state index contributed by atoms with van der Waals surface area (Å²) in [6, 6.07) is 7.05. The lowest BCUT2D eigenvalue weighted by molar-refractivity contribution is 0.0784. The van der Waals surface area contributed by atoms with Crippen LogP contribution in [0.3, 0.4) is 0 Å². The van der Waals surface area contributed by atoms with Crippen LogP contribution >= 0.6 is 0 Å². The Bertz CT molecular complexity index is 494. The Balaban J connectivity index is 2.90. The Morgan fingerprint density at radius 2 is 2.21 bits per heavy atom. The highest BCUT2D eigenvalue weighted by Crippen LogP contribution is 2.20. The zero-order valence-electron chi connectivity index (χ0n) is 11.5. The van der Waals surface area contributed by atoms with E-state index in [4.69, 9.17) is 15.7 Å². The summed E-state index contributed by atoms with van der Waals surface area (Å²) in [5.41, 5.74) is 6.70. The van der Waals surface area contributed by atoms with Crippen molar-refractivity contribution in [3.8, 4) is 11.8 Å². The van der Waals surface area contributed by atoms with Crippen LogP contribution in [0.1, 0.15) is 24.2 Å². The molecule has 19 heavy (non-hydrogen) atoms. The molecule has 0 saturated heterocycles. The topological polar surface area (TPSA) is 79.3 Å². The molecule has 0 aromatic heterocycles. The monoisotopic (exact) mass is 261 g/mol. The van der Waals surface area contributed by atoms with Crippen molar-refractivity contribution < 1.29 is 9.53 Å². The molecule has 1 unspecified atom stereocenters. The maximum absolute atomic E-state index is 12.2. The SMILES string of the molecule is CCOc1cc(N)cc(C(=O)N(C)CC(C)C#N)c1.